The smallest absolute Gasteiger partial charge is 0.408 e. The summed E-state index contributed by atoms with van der Waals surface area (Å²) in [4.78, 5) is 36.8. The number of imidazole rings is 1. The first-order chi connectivity index (χ1) is 17.0. The van der Waals surface area contributed by atoms with Gasteiger partial charge in [0.05, 0.1) is 19.0 Å². The summed E-state index contributed by atoms with van der Waals surface area (Å²) in [5.74, 6) is 0.448. The van der Waals surface area contributed by atoms with E-state index < -0.39 is 48.2 Å². The van der Waals surface area contributed by atoms with Crippen LogP contribution in [0.15, 0.2) is 12.7 Å². The number of nitrogens with two attached hydrogens (primary N) is 1. The molecule has 1 aliphatic heterocycles. The topological polar surface area (TPSA) is 184 Å². The molecule has 2 aromatic heterocycles. The van der Waals surface area contributed by atoms with Gasteiger partial charge in [-0.2, -0.15) is 11.8 Å². The quantitative estimate of drug-likeness (QED) is 0.255. The van der Waals surface area contributed by atoms with Crippen molar-refractivity contribution < 1.29 is 34.0 Å². The van der Waals surface area contributed by atoms with E-state index in [4.69, 9.17) is 19.9 Å². The molecule has 1 saturated heterocycles. The summed E-state index contributed by atoms with van der Waals surface area (Å²) in [7, 11) is 0. The van der Waals surface area contributed by atoms with Gasteiger partial charge in [0.25, 0.3) is 0 Å². The maximum absolute atomic E-state index is 12.4. The van der Waals surface area contributed by atoms with E-state index in [1.807, 2.05) is 6.92 Å². The number of anilines is 1. The van der Waals surface area contributed by atoms with E-state index in [0.29, 0.717) is 29.1 Å². The van der Waals surface area contributed by atoms with E-state index in [-0.39, 0.29) is 18.8 Å². The summed E-state index contributed by atoms with van der Waals surface area (Å²) in [5, 5.41) is 23.7. The molecule has 0 radical (unpaired) electrons. The number of alkyl carbamates (subject to hydrolysis) is 1. The van der Waals surface area contributed by atoms with Gasteiger partial charge < -0.3 is 35.5 Å². The number of aromatic nitrogens is 4. The van der Waals surface area contributed by atoms with E-state index in [1.165, 1.54) is 29.0 Å². The molecule has 1 fully saturated rings. The molecule has 0 aromatic carbocycles. The van der Waals surface area contributed by atoms with Crippen LogP contribution in [-0.4, -0.2) is 89.9 Å². The fourth-order valence-corrected chi connectivity index (χ4v) is 4.63. The zero-order valence-electron chi connectivity index (χ0n) is 20.8. The second-order valence-corrected chi connectivity index (χ2v) is 10.5. The first-order valence-corrected chi connectivity index (χ1v) is 12.9. The summed E-state index contributed by atoms with van der Waals surface area (Å²) in [6.07, 6.45) is -1.00. The number of nitrogens with one attached hydrogen (secondary N) is 1. The fraction of sp³-hybridized carbons (Fsp3) is 0.682. The molecule has 0 spiro atoms. The standard InChI is InChI=1S/C22H34N6O7S/c1-5-7-33-20(31)12(27-21(32)35-22(2,3)4)6-8-36-9-13-15(29)16(30)19(34-13)28-11-26-14-17(23)24-10-25-18(14)28/h10-13,15-16,19,29-30H,5-9H2,1-4H3,(H,27,32)(H2,23,24,25)/t12-,13+,15+,16+,19+/m0/s1. The Morgan fingerprint density at radius 2 is 2.03 bits per heavy atom. The van der Waals surface area contributed by atoms with Crippen LogP contribution >= 0.6 is 11.8 Å². The number of hydrogen-bond acceptors (Lipinski definition) is 12. The van der Waals surface area contributed by atoms with Crippen LogP contribution in [0.4, 0.5) is 10.6 Å². The Hall–Kier alpha value is -2.68. The van der Waals surface area contributed by atoms with E-state index in [1.54, 1.807) is 20.8 Å². The van der Waals surface area contributed by atoms with Gasteiger partial charge in [0.2, 0.25) is 0 Å². The average Bonchev–Trinajstić information content (AvgIpc) is 3.35. The van der Waals surface area contributed by atoms with Crippen LogP contribution in [0, 0.1) is 0 Å². The van der Waals surface area contributed by atoms with Crippen LogP contribution in [0.25, 0.3) is 11.2 Å². The molecule has 36 heavy (non-hydrogen) atoms. The molecule has 5 N–H and O–H groups in total. The first kappa shape index (κ1) is 27.9. The number of hydrogen-bond donors (Lipinski definition) is 4. The van der Waals surface area contributed by atoms with Crippen LogP contribution in [0.5, 0.6) is 0 Å². The highest BCUT2D eigenvalue weighted by Gasteiger charge is 2.44. The van der Waals surface area contributed by atoms with Crippen molar-refractivity contribution in [2.75, 3.05) is 23.8 Å². The van der Waals surface area contributed by atoms with Crippen LogP contribution in [-0.2, 0) is 19.0 Å². The first-order valence-electron chi connectivity index (χ1n) is 11.7. The van der Waals surface area contributed by atoms with Crippen molar-refractivity contribution in [3.05, 3.63) is 12.7 Å². The fourth-order valence-electron chi connectivity index (χ4n) is 3.56. The number of fused-ring (bicyclic) bond motifs is 1. The molecule has 13 nitrogen and oxygen atoms in total. The number of carbonyl (C=O) groups excluding carboxylic acids is 2. The Labute approximate surface area is 213 Å². The summed E-state index contributed by atoms with van der Waals surface area (Å²) in [6.45, 7) is 7.32. The minimum absolute atomic E-state index is 0.200. The van der Waals surface area contributed by atoms with Gasteiger partial charge in [0.15, 0.2) is 17.7 Å². The number of nitrogens with zero attached hydrogens (tertiary/aromatic N) is 4. The molecule has 0 saturated carbocycles. The molecule has 200 valence electrons. The van der Waals surface area contributed by atoms with Gasteiger partial charge >= 0.3 is 12.1 Å². The molecule has 1 aliphatic rings. The van der Waals surface area contributed by atoms with Crippen molar-refractivity contribution in [1.82, 2.24) is 24.8 Å². The highest BCUT2D eigenvalue weighted by molar-refractivity contribution is 7.99. The van der Waals surface area contributed by atoms with Crippen LogP contribution in [0.2, 0.25) is 0 Å². The molecule has 0 bridgehead atoms. The number of esters is 1. The lowest BCUT2D eigenvalue weighted by Gasteiger charge is -2.23. The second kappa shape index (κ2) is 12.0. The molecular weight excluding hydrogens is 492 g/mol. The summed E-state index contributed by atoms with van der Waals surface area (Å²) in [6, 6.07) is -0.880. The Bertz CT molecular complexity index is 1050. The minimum atomic E-state index is -1.21. The molecule has 0 unspecified atom stereocenters. The van der Waals surface area contributed by atoms with Gasteiger partial charge in [-0.05, 0) is 39.4 Å². The third-order valence-electron chi connectivity index (χ3n) is 5.26. The number of aliphatic hydroxyl groups excluding tert-OH is 2. The molecule has 1 amide bonds. The molecule has 14 heteroatoms. The lowest BCUT2D eigenvalue weighted by molar-refractivity contribution is -0.146. The number of ether oxygens (including phenoxy) is 3. The highest BCUT2D eigenvalue weighted by Crippen LogP contribution is 2.33. The third kappa shape index (κ3) is 6.96. The molecule has 2 aromatic rings. The van der Waals surface area contributed by atoms with Crippen LogP contribution in [0.1, 0.15) is 46.8 Å². The average molecular weight is 527 g/mol. The van der Waals surface area contributed by atoms with Crippen molar-refractivity contribution in [3.63, 3.8) is 0 Å². The summed E-state index contributed by atoms with van der Waals surface area (Å²) in [5.41, 5.74) is 5.87. The van der Waals surface area contributed by atoms with Crippen LogP contribution in [0.3, 0.4) is 0 Å². The van der Waals surface area contributed by atoms with Gasteiger partial charge in [0.1, 0.15) is 35.7 Å². The molecule has 0 aliphatic carbocycles. The monoisotopic (exact) mass is 526 g/mol. The molecule has 3 rings (SSSR count). The largest absolute Gasteiger partial charge is 0.464 e. The van der Waals surface area contributed by atoms with Gasteiger partial charge in [-0.3, -0.25) is 4.57 Å². The summed E-state index contributed by atoms with van der Waals surface area (Å²) < 4.78 is 17.9. The van der Waals surface area contributed by atoms with Crippen molar-refractivity contribution in [3.8, 4) is 0 Å². The van der Waals surface area contributed by atoms with Crippen molar-refractivity contribution >= 4 is 40.8 Å². The SMILES string of the molecule is CCCOC(=O)[C@H](CCSC[C@H]1O[C@@H](n2cnc3c(N)ncnc32)[C@H](O)[C@@H]1O)NC(=O)OC(C)(C)C. The molecule has 3 heterocycles. The van der Waals surface area contributed by atoms with E-state index in [9.17, 15) is 19.8 Å². The van der Waals surface area contributed by atoms with Crippen molar-refractivity contribution in [1.29, 1.82) is 0 Å². The maximum Gasteiger partial charge on any atom is 0.408 e. The van der Waals surface area contributed by atoms with Gasteiger partial charge in [0, 0.05) is 5.75 Å². The number of nitrogen functional groups attached to an aromatic ring is 1. The number of amides is 1. The van der Waals surface area contributed by atoms with Crippen molar-refractivity contribution in [2.45, 2.75) is 76.7 Å². The van der Waals surface area contributed by atoms with E-state index in [2.05, 4.69) is 20.3 Å². The molecule has 5 atom stereocenters. The van der Waals surface area contributed by atoms with Crippen molar-refractivity contribution in [2.24, 2.45) is 0 Å². The normalized spacial score (nSPS) is 22.9. The van der Waals surface area contributed by atoms with Gasteiger partial charge in [-0.1, -0.05) is 6.92 Å². The zero-order valence-corrected chi connectivity index (χ0v) is 21.6. The lowest BCUT2D eigenvalue weighted by Crippen LogP contribution is -2.44. The predicted molar refractivity (Wildman–Crippen MR) is 132 cm³/mol. The van der Waals surface area contributed by atoms with E-state index in [0.717, 1.165) is 0 Å². The minimum Gasteiger partial charge on any atom is -0.464 e. The van der Waals surface area contributed by atoms with Gasteiger partial charge in [-0.15, -0.1) is 0 Å². The van der Waals surface area contributed by atoms with E-state index >= 15 is 0 Å². The zero-order chi connectivity index (χ0) is 26.5. The van der Waals surface area contributed by atoms with Gasteiger partial charge in [-0.25, -0.2) is 24.5 Å². The highest BCUT2D eigenvalue weighted by atomic mass is 32.2. The third-order valence-corrected chi connectivity index (χ3v) is 6.34. The Morgan fingerprint density at radius 3 is 2.72 bits per heavy atom. The number of rotatable bonds is 10. The predicted octanol–water partition coefficient (Wildman–Crippen LogP) is 0.997. The lowest BCUT2D eigenvalue weighted by atomic mass is 10.1. The Morgan fingerprint density at radius 1 is 1.28 bits per heavy atom. The number of carbonyl (C=O) groups is 2. The second-order valence-electron chi connectivity index (χ2n) is 9.36. The number of aliphatic hydroxyl groups is 2. The number of thioether (sulfide) groups is 1. The summed E-state index contributed by atoms with van der Waals surface area (Å²) >= 11 is 1.40. The van der Waals surface area contributed by atoms with Crippen LogP contribution < -0.4 is 11.1 Å². The Kier molecular flexibility index (Phi) is 9.33. The molecular formula is C22H34N6O7S. The maximum atomic E-state index is 12.4. The Balaban J connectivity index is 1.56.